The fourth-order valence-corrected chi connectivity index (χ4v) is 0.841. The Morgan fingerprint density at radius 1 is 0.647 bits per heavy atom. The Hall–Kier alpha value is -0.666. The molecule has 0 aliphatic rings. The second-order valence-electron chi connectivity index (χ2n) is 2.70. The molecule has 0 heterocycles. The maximum Gasteiger partial charge on any atom is -0.0623 e. The quantitative estimate of drug-likeness (QED) is 0.703. The van der Waals surface area contributed by atoms with E-state index in [2.05, 4.69) is 0 Å². The van der Waals surface area contributed by atoms with E-state index in [0.29, 0.717) is 0 Å². The number of halogens is 2. The third-order valence-corrected chi connectivity index (χ3v) is 1.49. The van der Waals surface area contributed by atoms with Gasteiger partial charge in [0.05, 0.1) is 0 Å². The minimum atomic E-state index is -0.556. The molecule has 2 aromatic carbocycles. The summed E-state index contributed by atoms with van der Waals surface area (Å²) in [6.45, 7) is 0. The van der Waals surface area contributed by atoms with Gasteiger partial charge in [0.2, 0.25) is 0 Å². The first-order valence-corrected chi connectivity index (χ1v) is 8.90. The van der Waals surface area contributed by atoms with Gasteiger partial charge in [0.15, 0.2) is 0 Å². The number of para-hydroxylation sites is 2. The minimum Gasteiger partial charge on any atom is -0.872 e. The molecule has 0 aliphatic carbocycles. The summed E-state index contributed by atoms with van der Waals surface area (Å²) in [6.07, 6.45) is 0. The van der Waals surface area contributed by atoms with E-state index in [0.717, 1.165) is 0 Å². The second kappa shape index (κ2) is 11.8. The van der Waals surface area contributed by atoms with Gasteiger partial charge in [-0.1, -0.05) is 60.7 Å². The summed E-state index contributed by atoms with van der Waals surface area (Å²) in [5.41, 5.74) is 0. The molecule has 0 spiro atoms. The molecule has 5 heteroatoms. The summed E-state index contributed by atoms with van der Waals surface area (Å²) < 4.78 is 0. The Bertz CT molecular complexity index is 333. The molecule has 0 unspecified atom stereocenters. The van der Waals surface area contributed by atoms with Crippen molar-refractivity contribution in [1.82, 2.24) is 0 Å². The topological polar surface area (TPSA) is 46.1 Å². The largest absolute Gasteiger partial charge is 0.872 e. The molecule has 17 heavy (non-hydrogen) atoms. The van der Waals surface area contributed by atoms with Crippen LogP contribution in [0.15, 0.2) is 60.7 Å². The van der Waals surface area contributed by atoms with Crippen LogP contribution in [0.25, 0.3) is 0 Å². The molecule has 0 saturated carbocycles. The Labute approximate surface area is 118 Å². The third kappa shape index (κ3) is 11.6. The van der Waals surface area contributed by atoms with Gasteiger partial charge >= 0.3 is 35.6 Å². The molecule has 0 radical (unpaired) electrons. The van der Waals surface area contributed by atoms with Crippen LogP contribution >= 0.6 is 18.6 Å². The van der Waals surface area contributed by atoms with Crippen LogP contribution in [-0.4, -0.2) is 0 Å². The summed E-state index contributed by atoms with van der Waals surface area (Å²) in [7, 11) is 9.78. The SMILES string of the molecule is [Cl][Ti+2][Cl].[O-]c1ccccc1.[O-]c1ccccc1. The van der Waals surface area contributed by atoms with E-state index in [4.69, 9.17) is 18.6 Å². The number of hydrogen-bond acceptors (Lipinski definition) is 2. The first-order valence-electron chi connectivity index (χ1n) is 4.61. The number of rotatable bonds is 0. The van der Waals surface area contributed by atoms with E-state index >= 15 is 0 Å². The van der Waals surface area contributed by atoms with Gasteiger partial charge in [-0.2, -0.15) is 0 Å². The van der Waals surface area contributed by atoms with Gasteiger partial charge in [-0.05, 0) is 0 Å². The number of hydrogen-bond donors (Lipinski definition) is 0. The van der Waals surface area contributed by atoms with Crippen molar-refractivity contribution in [2.24, 2.45) is 0 Å². The fourth-order valence-electron chi connectivity index (χ4n) is 0.841. The zero-order valence-electron chi connectivity index (χ0n) is 8.85. The maximum absolute atomic E-state index is 10.3. The van der Waals surface area contributed by atoms with Crippen molar-refractivity contribution < 1.29 is 27.2 Å². The van der Waals surface area contributed by atoms with Gasteiger partial charge in [-0.3, -0.25) is 0 Å². The monoisotopic (exact) mass is 304 g/mol. The van der Waals surface area contributed by atoms with E-state index in [1.165, 1.54) is 24.3 Å². The molecule has 0 bridgehead atoms. The zero-order chi connectivity index (χ0) is 12.9. The predicted molar refractivity (Wildman–Crippen MR) is 63.5 cm³/mol. The molecular formula is C12H10Cl2O2Ti. The van der Waals surface area contributed by atoms with Crippen LogP contribution in [0.3, 0.4) is 0 Å². The smallest absolute Gasteiger partial charge is 0.0623 e. The normalized spacial score (nSPS) is 7.65. The zero-order valence-corrected chi connectivity index (χ0v) is 11.9. The van der Waals surface area contributed by atoms with E-state index in [-0.39, 0.29) is 11.5 Å². The summed E-state index contributed by atoms with van der Waals surface area (Å²) in [4.78, 5) is 0. The fraction of sp³-hybridized carbons (Fsp3) is 0. The van der Waals surface area contributed by atoms with Crippen molar-refractivity contribution in [3.05, 3.63) is 60.7 Å². The van der Waals surface area contributed by atoms with E-state index in [1.807, 2.05) is 12.1 Å². The molecule has 0 fully saturated rings. The van der Waals surface area contributed by atoms with Crippen molar-refractivity contribution in [2.45, 2.75) is 0 Å². The van der Waals surface area contributed by atoms with Gasteiger partial charge in [0.25, 0.3) is 0 Å². The molecule has 0 N–H and O–H groups in total. The van der Waals surface area contributed by atoms with Gasteiger partial charge in [0, 0.05) is 0 Å². The van der Waals surface area contributed by atoms with E-state index in [1.54, 1.807) is 24.3 Å². The minimum absolute atomic E-state index is 0.0718. The van der Waals surface area contributed by atoms with Gasteiger partial charge in [-0.25, -0.2) is 0 Å². The summed E-state index contributed by atoms with van der Waals surface area (Å²) >= 11 is -0.556. The average Bonchev–Trinajstić information content (AvgIpc) is 2.33. The van der Waals surface area contributed by atoms with E-state index < -0.39 is 17.0 Å². The van der Waals surface area contributed by atoms with Crippen molar-refractivity contribution in [2.75, 3.05) is 0 Å². The van der Waals surface area contributed by atoms with Gasteiger partial charge < -0.3 is 10.2 Å². The molecule has 2 rings (SSSR count). The van der Waals surface area contributed by atoms with Crippen LogP contribution in [0, 0.1) is 0 Å². The summed E-state index contributed by atoms with van der Waals surface area (Å²) in [5.74, 6) is 0.144. The molecule has 88 valence electrons. The van der Waals surface area contributed by atoms with Crippen molar-refractivity contribution >= 4 is 18.6 Å². The molecule has 0 aromatic heterocycles. The van der Waals surface area contributed by atoms with Crippen LogP contribution in [0.5, 0.6) is 11.5 Å². The molecule has 2 aromatic rings. The van der Waals surface area contributed by atoms with Crippen LogP contribution in [0.2, 0.25) is 0 Å². The Morgan fingerprint density at radius 3 is 1.00 bits per heavy atom. The predicted octanol–water partition coefficient (Wildman–Crippen LogP) is 2.90. The van der Waals surface area contributed by atoms with Crippen LogP contribution in [-0.2, 0) is 17.0 Å². The van der Waals surface area contributed by atoms with Crippen molar-refractivity contribution in [3.63, 3.8) is 0 Å². The first-order chi connectivity index (χ1) is 8.20. The van der Waals surface area contributed by atoms with Gasteiger partial charge in [-0.15, -0.1) is 11.5 Å². The van der Waals surface area contributed by atoms with Crippen molar-refractivity contribution in [1.29, 1.82) is 0 Å². The first kappa shape index (κ1) is 16.3. The average molecular weight is 305 g/mol. The Kier molecular flexibility index (Phi) is 11.3. The Balaban J connectivity index is 0.000000247. The van der Waals surface area contributed by atoms with Gasteiger partial charge in [0.1, 0.15) is 0 Å². The molecule has 0 saturated heterocycles. The molecular weight excluding hydrogens is 295 g/mol. The third-order valence-electron chi connectivity index (χ3n) is 1.49. The standard InChI is InChI=1S/2C6H6O.2ClH.Ti/c2*7-6-4-2-1-3-5-6;;;/h2*1-5,7H;2*1H;/q;;;;+4/p-4. The Morgan fingerprint density at radius 2 is 0.882 bits per heavy atom. The number of benzene rings is 2. The van der Waals surface area contributed by atoms with Crippen molar-refractivity contribution in [3.8, 4) is 11.5 Å². The van der Waals surface area contributed by atoms with Crippen LogP contribution < -0.4 is 10.2 Å². The van der Waals surface area contributed by atoms with Crippen LogP contribution in [0.4, 0.5) is 0 Å². The summed E-state index contributed by atoms with van der Waals surface area (Å²) in [6, 6.07) is 16.7. The maximum atomic E-state index is 10.3. The molecule has 0 atom stereocenters. The molecule has 0 aliphatic heterocycles. The summed E-state index contributed by atoms with van der Waals surface area (Å²) in [5, 5.41) is 20.5. The second-order valence-corrected chi connectivity index (χ2v) is 5.28. The van der Waals surface area contributed by atoms with Crippen LogP contribution in [0.1, 0.15) is 0 Å². The van der Waals surface area contributed by atoms with E-state index in [9.17, 15) is 10.2 Å². The molecule has 2 nitrogen and oxygen atoms in total. The molecule has 0 amide bonds.